The van der Waals surface area contributed by atoms with Crippen molar-refractivity contribution in [2.24, 2.45) is 5.41 Å². The summed E-state index contributed by atoms with van der Waals surface area (Å²) in [7, 11) is 0. The van der Waals surface area contributed by atoms with Crippen molar-refractivity contribution in [3.8, 4) is 5.75 Å². The molecule has 1 saturated carbocycles. The van der Waals surface area contributed by atoms with E-state index in [0.717, 1.165) is 6.42 Å². The van der Waals surface area contributed by atoms with Crippen molar-refractivity contribution in [2.75, 3.05) is 0 Å². The van der Waals surface area contributed by atoms with Gasteiger partial charge in [-0.2, -0.15) is 0 Å². The van der Waals surface area contributed by atoms with Gasteiger partial charge in [-0.05, 0) is 28.4 Å². The van der Waals surface area contributed by atoms with E-state index in [0.29, 0.717) is 16.6 Å². The van der Waals surface area contributed by atoms with E-state index in [4.69, 9.17) is 4.74 Å². The maximum atomic E-state index is 10.8. The molecule has 1 aliphatic carbocycles. The summed E-state index contributed by atoms with van der Waals surface area (Å²) in [6, 6.07) is 4.43. The molecule has 0 heterocycles. The fourth-order valence-electron chi connectivity index (χ4n) is 2.29. The van der Waals surface area contributed by atoms with Gasteiger partial charge in [0, 0.05) is 17.9 Å². The van der Waals surface area contributed by atoms with Crippen LogP contribution in [0.3, 0.4) is 0 Å². The third-order valence-electron chi connectivity index (χ3n) is 4.09. The van der Waals surface area contributed by atoms with Gasteiger partial charge in [0.25, 0.3) is 5.69 Å². The van der Waals surface area contributed by atoms with Crippen LogP contribution in [0.15, 0.2) is 22.7 Å². The Bertz CT molecular complexity index is 507. The van der Waals surface area contributed by atoms with Gasteiger partial charge in [0.05, 0.1) is 21.6 Å². The smallest absolute Gasteiger partial charge is 0.273 e. The van der Waals surface area contributed by atoms with Crippen molar-refractivity contribution in [3.63, 3.8) is 0 Å². The molecule has 6 heteroatoms. The molecule has 2 rings (SSSR count). The number of rotatable bonds is 4. The first-order chi connectivity index (χ1) is 8.88. The average Bonchev–Trinajstić information content (AvgIpc) is 2.39. The zero-order chi connectivity index (χ0) is 14.2. The maximum Gasteiger partial charge on any atom is 0.273 e. The molecule has 104 valence electrons. The maximum absolute atomic E-state index is 10.8. The number of ether oxygens (including phenoxy) is 1. The Labute approximate surface area is 119 Å². The lowest BCUT2D eigenvalue weighted by Crippen LogP contribution is -2.57. The molecule has 0 spiro atoms. The summed E-state index contributed by atoms with van der Waals surface area (Å²) in [6.07, 6.45) is 0.857. The highest BCUT2D eigenvalue weighted by molar-refractivity contribution is 9.10. The third kappa shape index (κ3) is 2.47. The molecule has 3 atom stereocenters. The lowest BCUT2D eigenvalue weighted by molar-refractivity contribution is -0.385. The SMILES string of the molecule is CCC1(C)C(O)CC1Oc1cc([N+](=O)[O-])ccc1Br. The van der Waals surface area contributed by atoms with Crippen molar-refractivity contribution in [1.82, 2.24) is 0 Å². The molecule has 5 nitrogen and oxygen atoms in total. The predicted molar refractivity (Wildman–Crippen MR) is 74.2 cm³/mol. The number of hydrogen-bond donors (Lipinski definition) is 1. The minimum Gasteiger partial charge on any atom is -0.488 e. The summed E-state index contributed by atoms with van der Waals surface area (Å²) in [6.45, 7) is 3.97. The zero-order valence-corrected chi connectivity index (χ0v) is 12.4. The standard InChI is InChI=1S/C13H16BrNO4/c1-3-13(2)11(16)7-12(13)19-10-6-8(15(17)18)4-5-9(10)14/h4-6,11-12,16H,3,7H2,1-2H3. The van der Waals surface area contributed by atoms with Gasteiger partial charge >= 0.3 is 0 Å². The molecule has 0 aliphatic heterocycles. The molecule has 1 aromatic carbocycles. The molecular formula is C13H16BrNO4. The van der Waals surface area contributed by atoms with Crippen molar-refractivity contribution >= 4 is 21.6 Å². The van der Waals surface area contributed by atoms with Crippen LogP contribution in [-0.4, -0.2) is 22.2 Å². The number of halogens is 1. The van der Waals surface area contributed by atoms with Gasteiger partial charge in [-0.1, -0.05) is 13.8 Å². The fraction of sp³-hybridized carbons (Fsp3) is 0.538. The Morgan fingerprint density at radius 3 is 2.84 bits per heavy atom. The first-order valence-corrected chi connectivity index (χ1v) is 6.96. The summed E-state index contributed by atoms with van der Waals surface area (Å²) in [5.41, 5.74) is -0.291. The minimum atomic E-state index is -0.450. The Kier molecular flexibility index (Phi) is 3.82. The molecule has 1 aliphatic rings. The summed E-state index contributed by atoms with van der Waals surface area (Å²) in [5.74, 6) is 0.450. The van der Waals surface area contributed by atoms with Gasteiger partial charge in [0.15, 0.2) is 0 Å². The molecule has 0 saturated heterocycles. The molecule has 1 N–H and O–H groups in total. The van der Waals surface area contributed by atoms with E-state index in [1.54, 1.807) is 6.07 Å². The molecule has 0 bridgehead atoms. The number of non-ortho nitro benzene ring substituents is 1. The summed E-state index contributed by atoms with van der Waals surface area (Å²) >= 11 is 3.33. The number of hydrogen-bond acceptors (Lipinski definition) is 4. The van der Waals surface area contributed by atoms with Crippen LogP contribution >= 0.6 is 15.9 Å². The number of benzene rings is 1. The summed E-state index contributed by atoms with van der Waals surface area (Å²) in [4.78, 5) is 10.3. The highest BCUT2D eigenvalue weighted by Crippen LogP contribution is 2.47. The average molecular weight is 330 g/mol. The largest absolute Gasteiger partial charge is 0.488 e. The van der Waals surface area contributed by atoms with E-state index < -0.39 is 4.92 Å². The molecule has 1 aromatic rings. The van der Waals surface area contributed by atoms with E-state index in [1.807, 2.05) is 13.8 Å². The number of aliphatic hydroxyl groups is 1. The van der Waals surface area contributed by atoms with Gasteiger partial charge < -0.3 is 9.84 Å². The van der Waals surface area contributed by atoms with Crippen LogP contribution in [0.25, 0.3) is 0 Å². The predicted octanol–water partition coefficient (Wildman–Crippen LogP) is 3.29. The second kappa shape index (κ2) is 5.09. The zero-order valence-electron chi connectivity index (χ0n) is 10.8. The summed E-state index contributed by atoms with van der Waals surface area (Å²) < 4.78 is 6.52. The second-order valence-corrected chi connectivity index (χ2v) is 5.94. The highest BCUT2D eigenvalue weighted by atomic mass is 79.9. The minimum absolute atomic E-state index is 0.00345. The first kappa shape index (κ1) is 14.3. The van der Waals surface area contributed by atoms with Gasteiger partial charge in [0.1, 0.15) is 11.9 Å². The van der Waals surface area contributed by atoms with E-state index in [2.05, 4.69) is 15.9 Å². The van der Waals surface area contributed by atoms with Crippen LogP contribution in [-0.2, 0) is 0 Å². The number of nitro benzene ring substituents is 1. The van der Waals surface area contributed by atoms with E-state index in [-0.39, 0.29) is 23.3 Å². The number of aliphatic hydroxyl groups excluding tert-OH is 1. The van der Waals surface area contributed by atoms with E-state index in [1.165, 1.54) is 12.1 Å². The topological polar surface area (TPSA) is 72.6 Å². The lowest BCUT2D eigenvalue weighted by atomic mass is 9.63. The number of nitrogens with zero attached hydrogens (tertiary/aromatic N) is 1. The third-order valence-corrected chi connectivity index (χ3v) is 4.75. The van der Waals surface area contributed by atoms with Crippen LogP contribution < -0.4 is 4.74 Å². The Morgan fingerprint density at radius 2 is 2.32 bits per heavy atom. The first-order valence-electron chi connectivity index (χ1n) is 6.17. The molecule has 3 unspecified atom stereocenters. The molecule has 0 radical (unpaired) electrons. The van der Waals surface area contributed by atoms with E-state index in [9.17, 15) is 15.2 Å². The Balaban J connectivity index is 2.20. The van der Waals surface area contributed by atoms with Crippen molar-refractivity contribution < 1.29 is 14.8 Å². The number of nitro groups is 1. The van der Waals surface area contributed by atoms with Crippen LogP contribution in [0.4, 0.5) is 5.69 Å². The van der Waals surface area contributed by atoms with E-state index >= 15 is 0 Å². The fourth-order valence-corrected chi connectivity index (χ4v) is 2.63. The molecular weight excluding hydrogens is 314 g/mol. The van der Waals surface area contributed by atoms with Crippen molar-refractivity contribution in [3.05, 3.63) is 32.8 Å². The van der Waals surface area contributed by atoms with Crippen molar-refractivity contribution in [1.29, 1.82) is 0 Å². The van der Waals surface area contributed by atoms with Gasteiger partial charge in [-0.25, -0.2) is 0 Å². The van der Waals surface area contributed by atoms with Crippen LogP contribution in [0.1, 0.15) is 26.7 Å². The van der Waals surface area contributed by atoms with Gasteiger partial charge in [-0.3, -0.25) is 10.1 Å². The highest BCUT2D eigenvalue weighted by Gasteiger charge is 2.51. The summed E-state index contributed by atoms with van der Waals surface area (Å²) in [5, 5.41) is 20.6. The van der Waals surface area contributed by atoms with Crippen molar-refractivity contribution in [2.45, 2.75) is 38.9 Å². The molecule has 19 heavy (non-hydrogen) atoms. The normalized spacial score (nSPS) is 29.7. The van der Waals surface area contributed by atoms with Crippen LogP contribution in [0.2, 0.25) is 0 Å². The van der Waals surface area contributed by atoms with Gasteiger partial charge in [0.2, 0.25) is 0 Å². The lowest BCUT2D eigenvalue weighted by Gasteiger charge is -2.50. The molecule has 0 aromatic heterocycles. The molecule has 1 fully saturated rings. The molecule has 0 amide bonds. The second-order valence-electron chi connectivity index (χ2n) is 5.09. The quantitative estimate of drug-likeness (QED) is 0.679. The van der Waals surface area contributed by atoms with Crippen LogP contribution in [0.5, 0.6) is 5.75 Å². The van der Waals surface area contributed by atoms with Crippen LogP contribution in [0, 0.1) is 15.5 Å². The Hall–Kier alpha value is -1.14. The Morgan fingerprint density at radius 1 is 1.63 bits per heavy atom. The monoisotopic (exact) mass is 329 g/mol. The van der Waals surface area contributed by atoms with Gasteiger partial charge in [-0.15, -0.1) is 0 Å².